The molecule has 0 radical (unpaired) electrons. The van der Waals surface area contributed by atoms with Gasteiger partial charge in [-0.1, -0.05) is 30.3 Å². The predicted molar refractivity (Wildman–Crippen MR) is 116 cm³/mol. The minimum absolute atomic E-state index is 0.0669. The molecule has 0 unspecified atom stereocenters. The number of nitrogens with one attached hydrogen (secondary N) is 1. The number of nitrogens with zero attached hydrogens (tertiary/aromatic N) is 1. The molecule has 1 saturated heterocycles. The van der Waals surface area contributed by atoms with E-state index in [0.717, 1.165) is 11.1 Å². The smallest absolute Gasteiger partial charge is 0.255 e. The molecule has 0 saturated carbocycles. The molecule has 2 N–H and O–H groups in total. The van der Waals surface area contributed by atoms with E-state index < -0.39 is 16.1 Å². The molecule has 1 aliphatic heterocycles. The Morgan fingerprint density at radius 3 is 2.45 bits per heavy atom. The van der Waals surface area contributed by atoms with Gasteiger partial charge in [0.15, 0.2) is 0 Å². The van der Waals surface area contributed by atoms with Crippen LogP contribution >= 0.6 is 0 Å². The monoisotopic (exact) mass is 448 g/mol. The van der Waals surface area contributed by atoms with E-state index in [1.165, 1.54) is 12.1 Å². The number of para-hydroxylation sites is 1. The molecule has 2 aromatic carbocycles. The van der Waals surface area contributed by atoms with Crippen molar-refractivity contribution in [2.24, 2.45) is 0 Å². The van der Waals surface area contributed by atoms with Crippen LogP contribution < -0.4 is 9.46 Å². The Labute approximate surface area is 182 Å². The fourth-order valence-corrected chi connectivity index (χ4v) is 4.63. The number of sulfonamides is 1. The summed E-state index contributed by atoms with van der Waals surface area (Å²) >= 11 is 0. The summed E-state index contributed by atoms with van der Waals surface area (Å²) in [7, 11) is -4.01. The first-order valence-electron chi connectivity index (χ1n) is 10.1. The molecule has 31 heavy (non-hydrogen) atoms. The number of amides is 1. The summed E-state index contributed by atoms with van der Waals surface area (Å²) in [6.45, 7) is 5.16. The van der Waals surface area contributed by atoms with Crippen LogP contribution in [-0.2, 0) is 14.8 Å². The van der Waals surface area contributed by atoms with Crippen molar-refractivity contribution < 1.29 is 27.8 Å². The quantitative estimate of drug-likeness (QED) is 0.634. The van der Waals surface area contributed by atoms with Crippen molar-refractivity contribution >= 4 is 15.9 Å². The third-order valence-corrected chi connectivity index (χ3v) is 6.52. The number of hydrogen-bond donors (Lipinski definition) is 2. The third kappa shape index (κ3) is 5.82. The number of benzene rings is 2. The highest BCUT2D eigenvalue weighted by Crippen LogP contribution is 2.22. The Morgan fingerprint density at radius 2 is 1.77 bits per heavy atom. The van der Waals surface area contributed by atoms with E-state index in [4.69, 9.17) is 9.47 Å². The first kappa shape index (κ1) is 23.2. The first-order valence-corrected chi connectivity index (χ1v) is 11.6. The normalized spacial score (nSPS) is 15.5. The van der Waals surface area contributed by atoms with Crippen molar-refractivity contribution in [2.45, 2.75) is 24.8 Å². The van der Waals surface area contributed by atoms with Crippen LogP contribution in [0.25, 0.3) is 0 Å². The summed E-state index contributed by atoms with van der Waals surface area (Å²) in [5.41, 5.74) is 1.96. The van der Waals surface area contributed by atoms with Crippen LogP contribution in [0.3, 0.4) is 0 Å². The summed E-state index contributed by atoms with van der Waals surface area (Å²) in [4.78, 5) is 14.3. The molecule has 8 nitrogen and oxygen atoms in total. The van der Waals surface area contributed by atoms with Gasteiger partial charge >= 0.3 is 0 Å². The van der Waals surface area contributed by atoms with Crippen molar-refractivity contribution in [1.82, 2.24) is 9.62 Å². The van der Waals surface area contributed by atoms with Crippen molar-refractivity contribution in [2.75, 3.05) is 39.5 Å². The van der Waals surface area contributed by atoms with Crippen LogP contribution in [0.2, 0.25) is 0 Å². The van der Waals surface area contributed by atoms with Gasteiger partial charge in [0.2, 0.25) is 10.0 Å². The van der Waals surface area contributed by atoms with Gasteiger partial charge in [-0.25, -0.2) is 13.1 Å². The molecule has 1 heterocycles. The largest absolute Gasteiger partial charge is 0.490 e. The number of aryl methyl sites for hydroxylation is 2. The summed E-state index contributed by atoms with van der Waals surface area (Å²) in [5.74, 6) is 0.314. The van der Waals surface area contributed by atoms with E-state index in [2.05, 4.69) is 4.72 Å². The Hall–Kier alpha value is -2.46. The standard InChI is InChI=1S/C22H28N2O6S/c1-16-6-5-7-17(2)21(16)30-15-18(25)14-23-31(27,28)20-9-4-3-8-19(20)22(26)24-10-12-29-13-11-24/h3-9,18,23,25H,10-15H2,1-2H3/t18-/m1/s1. The van der Waals surface area contributed by atoms with E-state index >= 15 is 0 Å². The van der Waals surface area contributed by atoms with Crippen LogP contribution in [-0.4, -0.2) is 69.9 Å². The number of aliphatic hydroxyl groups is 1. The molecule has 9 heteroatoms. The van der Waals surface area contributed by atoms with Crippen LogP contribution in [0.1, 0.15) is 21.5 Å². The molecule has 0 spiro atoms. The van der Waals surface area contributed by atoms with Gasteiger partial charge in [-0.05, 0) is 37.1 Å². The minimum Gasteiger partial charge on any atom is -0.490 e. The molecule has 1 aliphatic rings. The van der Waals surface area contributed by atoms with Crippen molar-refractivity contribution in [3.63, 3.8) is 0 Å². The number of ether oxygens (including phenoxy) is 2. The average Bonchev–Trinajstić information content (AvgIpc) is 2.77. The van der Waals surface area contributed by atoms with Crippen LogP contribution in [0.15, 0.2) is 47.4 Å². The van der Waals surface area contributed by atoms with Gasteiger partial charge in [-0.2, -0.15) is 0 Å². The topological polar surface area (TPSA) is 105 Å². The van der Waals surface area contributed by atoms with Gasteiger partial charge < -0.3 is 19.5 Å². The van der Waals surface area contributed by atoms with E-state index in [9.17, 15) is 18.3 Å². The van der Waals surface area contributed by atoms with Gasteiger partial charge in [0.25, 0.3) is 5.91 Å². The number of carbonyl (C=O) groups excluding carboxylic acids is 1. The lowest BCUT2D eigenvalue weighted by molar-refractivity contribution is 0.0300. The minimum atomic E-state index is -4.01. The highest BCUT2D eigenvalue weighted by Gasteiger charge is 2.26. The zero-order chi connectivity index (χ0) is 22.4. The highest BCUT2D eigenvalue weighted by molar-refractivity contribution is 7.89. The Kier molecular flexibility index (Phi) is 7.66. The average molecular weight is 449 g/mol. The number of hydrogen-bond acceptors (Lipinski definition) is 6. The lowest BCUT2D eigenvalue weighted by atomic mass is 10.1. The van der Waals surface area contributed by atoms with E-state index in [1.807, 2.05) is 32.0 Å². The molecule has 0 aliphatic carbocycles. The molecule has 1 amide bonds. The maximum absolute atomic E-state index is 12.9. The molecule has 2 aromatic rings. The molecule has 168 valence electrons. The van der Waals surface area contributed by atoms with Gasteiger partial charge in [0.05, 0.1) is 23.7 Å². The van der Waals surface area contributed by atoms with Crippen molar-refractivity contribution in [3.8, 4) is 5.75 Å². The number of morpholine rings is 1. The van der Waals surface area contributed by atoms with Crippen LogP contribution in [0.5, 0.6) is 5.75 Å². The zero-order valence-electron chi connectivity index (χ0n) is 17.7. The summed E-state index contributed by atoms with van der Waals surface area (Å²) < 4.78 is 39.1. The molecule has 1 fully saturated rings. The Morgan fingerprint density at radius 1 is 1.13 bits per heavy atom. The van der Waals surface area contributed by atoms with Gasteiger partial charge in [-0.3, -0.25) is 4.79 Å². The van der Waals surface area contributed by atoms with Crippen LogP contribution in [0, 0.1) is 13.8 Å². The Bertz CT molecular complexity index is 998. The molecule has 0 aromatic heterocycles. The fraction of sp³-hybridized carbons (Fsp3) is 0.409. The van der Waals surface area contributed by atoms with Crippen molar-refractivity contribution in [3.05, 3.63) is 59.2 Å². The summed E-state index contributed by atoms with van der Waals surface area (Å²) in [5, 5.41) is 10.2. The SMILES string of the molecule is Cc1cccc(C)c1OC[C@H](O)CNS(=O)(=O)c1ccccc1C(=O)N1CCOCC1. The van der Waals surface area contributed by atoms with E-state index in [1.54, 1.807) is 17.0 Å². The molecular formula is C22H28N2O6S. The second-order valence-corrected chi connectivity index (χ2v) is 9.17. The summed E-state index contributed by atoms with van der Waals surface area (Å²) in [6, 6.07) is 11.8. The molecular weight excluding hydrogens is 420 g/mol. The molecule has 3 rings (SSSR count). The zero-order valence-corrected chi connectivity index (χ0v) is 18.5. The summed E-state index contributed by atoms with van der Waals surface area (Å²) in [6.07, 6.45) is -1.06. The van der Waals surface area contributed by atoms with Gasteiger partial charge in [0.1, 0.15) is 18.5 Å². The second-order valence-electron chi connectivity index (χ2n) is 7.44. The Balaban J connectivity index is 1.65. The van der Waals surface area contributed by atoms with E-state index in [0.29, 0.717) is 32.1 Å². The van der Waals surface area contributed by atoms with Gasteiger partial charge in [-0.15, -0.1) is 0 Å². The molecule has 1 atom stereocenters. The van der Waals surface area contributed by atoms with Crippen LogP contribution in [0.4, 0.5) is 0 Å². The molecule has 0 bridgehead atoms. The maximum Gasteiger partial charge on any atom is 0.255 e. The lowest BCUT2D eigenvalue weighted by Gasteiger charge is -2.27. The number of aliphatic hydroxyl groups excluding tert-OH is 1. The lowest BCUT2D eigenvalue weighted by Crippen LogP contribution is -2.42. The first-order chi connectivity index (χ1) is 14.8. The third-order valence-electron chi connectivity index (χ3n) is 5.04. The predicted octanol–water partition coefficient (Wildman–Crippen LogP) is 1.49. The second kappa shape index (κ2) is 10.2. The maximum atomic E-state index is 12.9. The van der Waals surface area contributed by atoms with E-state index in [-0.39, 0.29) is 29.5 Å². The number of rotatable bonds is 8. The highest BCUT2D eigenvalue weighted by atomic mass is 32.2. The number of carbonyl (C=O) groups is 1. The van der Waals surface area contributed by atoms with Gasteiger partial charge in [0, 0.05) is 19.6 Å². The van der Waals surface area contributed by atoms with Crippen molar-refractivity contribution in [1.29, 1.82) is 0 Å². The fourth-order valence-electron chi connectivity index (χ4n) is 3.36.